The third kappa shape index (κ3) is 6.69. The van der Waals surface area contributed by atoms with E-state index >= 15 is 0 Å². The first-order valence-corrected chi connectivity index (χ1v) is 18.7. The van der Waals surface area contributed by atoms with Crippen LogP contribution in [0.15, 0.2) is 54.6 Å². The Morgan fingerprint density at radius 3 is 2.39 bits per heavy atom. The minimum absolute atomic E-state index is 0.129. The van der Waals surface area contributed by atoms with Gasteiger partial charge in [-0.15, -0.1) is 0 Å². The first-order valence-electron chi connectivity index (χ1n) is 16.8. The molecule has 0 bridgehead atoms. The quantitative estimate of drug-likeness (QED) is 0.283. The number of imide groups is 1. The van der Waals surface area contributed by atoms with Crippen molar-refractivity contribution < 1.29 is 27.5 Å². The number of carbonyl (C=O) groups is 2. The van der Waals surface area contributed by atoms with Crippen LogP contribution in [-0.4, -0.2) is 126 Å². The van der Waals surface area contributed by atoms with E-state index in [0.717, 1.165) is 46.9 Å². The number of fused-ring (bicyclic) bond motifs is 2. The lowest BCUT2D eigenvalue weighted by Crippen LogP contribution is -2.56. The summed E-state index contributed by atoms with van der Waals surface area (Å²) in [6.07, 6.45) is 1.75. The van der Waals surface area contributed by atoms with Gasteiger partial charge < -0.3 is 19.3 Å². The standard InChI is InChI=1S/C36H48N6O6S/c1-25-21-32(29-12-13-31(38(2)3)28-10-8-7-9-27(28)29)42-35(44)41(16-15-40-17-19-48-20-18-40)34(43)36(25,42)24-39(4)23-26-11-14-33(47-5)30(22-26)37-49(6,45)46/h7-14,22,25,32,37H,15-21,23-24H2,1-6H3/t25-,32+,36-/m0/s1. The van der Waals surface area contributed by atoms with Crippen molar-refractivity contribution in [2.45, 2.75) is 31.5 Å². The third-order valence-electron chi connectivity index (χ3n) is 10.2. The zero-order valence-electron chi connectivity index (χ0n) is 29.3. The summed E-state index contributed by atoms with van der Waals surface area (Å²) in [6.45, 7) is 6.58. The molecule has 49 heavy (non-hydrogen) atoms. The lowest BCUT2D eigenvalue weighted by Gasteiger charge is -2.37. The zero-order valence-corrected chi connectivity index (χ0v) is 30.1. The topological polar surface area (TPSA) is 115 Å². The summed E-state index contributed by atoms with van der Waals surface area (Å²) in [4.78, 5) is 39.1. The molecule has 1 N–H and O–H groups in total. The molecule has 3 aliphatic rings. The number of benzene rings is 3. The second kappa shape index (κ2) is 13.8. The Bertz CT molecular complexity index is 1830. The number of anilines is 2. The van der Waals surface area contributed by atoms with Gasteiger partial charge in [-0.3, -0.25) is 24.2 Å². The van der Waals surface area contributed by atoms with Crippen LogP contribution in [0.5, 0.6) is 5.75 Å². The maximum atomic E-state index is 14.8. The maximum Gasteiger partial charge on any atom is 0.328 e. The summed E-state index contributed by atoms with van der Waals surface area (Å²) in [5, 5.41) is 2.18. The summed E-state index contributed by atoms with van der Waals surface area (Å²) in [7, 11) is 3.95. The fourth-order valence-electron chi connectivity index (χ4n) is 7.95. The van der Waals surface area contributed by atoms with Crippen molar-refractivity contribution in [3.63, 3.8) is 0 Å². The normalized spacial score (nSPS) is 23.1. The molecule has 0 unspecified atom stereocenters. The highest BCUT2D eigenvalue weighted by Gasteiger charge is 2.66. The number of likely N-dealkylation sites (N-methyl/N-ethyl adjacent to an activating group) is 1. The van der Waals surface area contributed by atoms with Gasteiger partial charge in [0.25, 0.3) is 5.91 Å². The minimum atomic E-state index is -3.53. The van der Waals surface area contributed by atoms with Crippen molar-refractivity contribution in [3.8, 4) is 5.75 Å². The summed E-state index contributed by atoms with van der Waals surface area (Å²) in [5.41, 5.74) is 2.24. The van der Waals surface area contributed by atoms with Gasteiger partial charge in [-0.05, 0) is 54.1 Å². The molecule has 0 aliphatic carbocycles. The number of nitrogens with one attached hydrogen (secondary N) is 1. The number of ether oxygens (including phenoxy) is 2. The van der Waals surface area contributed by atoms with Crippen LogP contribution < -0.4 is 14.4 Å². The Morgan fingerprint density at radius 2 is 1.71 bits per heavy atom. The molecule has 264 valence electrons. The van der Waals surface area contributed by atoms with Crippen LogP contribution in [-0.2, 0) is 26.1 Å². The van der Waals surface area contributed by atoms with Crippen LogP contribution in [0.25, 0.3) is 10.8 Å². The second-order valence-corrected chi connectivity index (χ2v) is 15.6. The third-order valence-corrected chi connectivity index (χ3v) is 10.8. The SMILES string of the molecule is COc1ccc(CN(C)C[C@]23C(=O)N(CCN4CCOCC4)C(=O)N2[C@@H](c2ccc(N(C)C)c4ccccc24)C[C@@H]3C)cc1NS(C)(=O)=O. The number of morpholine rings is 1. The number of sulfonamides is 1. The molecule has 3 amide bonds. The summed E-state index contributed by atoms with van der Waals surface area (Å²) < 4.78 is 37.6. The molecule has 3 atom stereocenters. The highest BCUT2D eigenvalue weighted by Crippen LogP contribution is 2.53. The molecule has 0 radical (unpaired) electrons. The van der Waals surface area contributed by atoms with Crippen LogP contribution in [0.4, 0.5) is 16.2 Å². The molecular weight excluding hydrogens is 644 g/mol. The van der Waals surface area contributed by atoms with E-state index in [2.05, 4.69) is 50.6 Å². The van der Waals surface area contributed by atoms with Crippen LogP contribution in [0.2, 0.25) is 0 Å². The van der Waals surface area contributed by atoms with E-state index in [-0.39, 0.29) is 23.9 Å². The summed E-state index contributed by atoms with van der Waals surface area (Å²) in [6, 6.07) is 17.3. The number of urea groups is 1. The van der Waals surface area contributed by atoms with Gasteiger partial charge in [-0.25, -0.2) is 13.2 Å². The average Bonchev–Trinajstić information content (AvgIpc) is 3.46. The van der Waals surface area contributed by atoms with Crippen molar-refractivity contribution in [2.75, 3.05) is 90.1 Å². The molecule has 3 aromatic carbocycles. The first kappa shape index (κ1) is 34.9. The van der Waals surface area contributed by atoms with Gasteiger partial charge in [0.2, 0.25) is 10.0 Å². The monoisotopic (exact) mass is 692 g/mol. The van der Waals surface area contributed by atoms with E-state index in [1.807, 2.05) is 44.2 Å². The van der Waals surface area contributed by atoms with Gasteiger partial charge >= 0.3 is 6.03 Å². The Kier molecular flexibility index (Phi) is 9.82. The van der Waals surface area contributed by atoms with Gasteiger partial charge in [0.05, 0.1) is 38.3 Å². The first-order chi connectivity index (χ1) is 23.3. The maximum absolute atomic E-state index is 14.8. The van der Waals surface area contributed by atoms with Gasteiger partial charge in [0, 0.05) is 64.4 Å². The highest BCUT2D eigenvalue weighted by atomic mass is 32.2. The Morgan fingerprint density at radius 1 is 1.00 bits per heavy atom. The fourth-order valence-corrected chi connectivity index (χ4v) is 8.51. The van der Waals surface area contributed by atoms with E-state index in [1.165, 1.54) is 12.0 Å². The highest BCUT2D eigenvalue weighted by molar-refractivity contribution is 7.92. The molecule has 3 heterocycles. The van der Waals surface area contributed by atoms with Crippen molar-refractivity contribution >= 4 is 44.1 Å². The number of hydrogen-bond donors (Lipinski definition) is 1. The molecule has 3 aromatic rings. The molecule has 13 heteroatoms. The van der Waals surface area contributed by atoms with E-state index in [9.17, 15) is 18.0 Å². The number of rotatable bonds is 12. The molecule has 3 saturated heterocycles. The number of hydrogen-bond acceptors (Lipinski definition) is 9. The number of carbonyl (C=O) groups excluding carboxylic acids is 2. The van der Waals surface area contributed by atoms with E-state index in [1.54, 1.807) is 12.1 Å². The zero-order chi connectivity index (χ0) is 35.1. The average molecular weight is 693 g/mol. The Hall–Kier alpha value is -3.91. The lowest BCUT2D eigenvalue weighted by atomic mass is 9.84. The Labute approximate surface area is 289 Å². The predicted molar refractivity (Wildman–Crippen MR) is 192 cm³/mol. The molecule has 0 spiro atoms. The van der Waals surface area contributed by atoms with Crippen LogP contribution in [0.3, 0.4) is 0 Å². The van der Waals surface area contributed by atoms with Crippen molar-refractivity contribution in [1.82, 2.24) is 19.6 Å². The largest absolute Gasteiger partial charge is 0.495 e. The molecular formula is C36H48N6O6S. The number of amides is 3. The van der Waals surface area contributed by atoms with Gasteiger partial charge in [-0.1, -0.05) is 43.3 Å². The van der Waals surface area contributed by atoms with Crippen LogP contribution >= 0.6 is 0 Å². The van der Waals surface area contributed by atoms with E-state index < -0.39 is 15.6 Å². The smallest absolute Gasteiger partial charge is 0.328 e. The van der Waals surface area contributed by atoms with Crippen molar-refractivity contribution in [3.05, 3.63) is 65.7 Å². The minimum Gasteiger partial charge on any atom is -0.495 e. The second-order valence-electron chi connectivity index (χ2n) is 13.8. The number of nitrogens with zero attached hydrogens (tertiary/aromatic N) is 5. The van der Waals surface area contributed by atoms with E-state index in [0.29, 0.717) is 57.3 Å². The Balaban J connectivity index is 1.36. The predicted octanol–water partition coefficient (Wildman–Crippen LogP) is 3.83. The summed E-state index contributed by atoms with van der Waals surface area (Å²) >= 11 is 0. The van der Waals surface area contributed by atoms with Gasteiger partial charge in [0.15, 0.2) is 0 Å². The van der Waals surface area contributed by atoms with Crippen LogP contribution in [0.1, 0.15) is 30.5 Å². The van der Waals surface area contributed by atoms with Crippen molar-refractivity contribution in [2.24, 2.45) is 5.92 Å². The van der Waals surface area contributed by atoms with Gasteiger partial charge in [-0.2, -0.15) is 0 Å². The van der Waals surface area contributed by atoms with Crippen molar-refractivity contribution in [1.29, 1.82) is 0 Å². The summed E-state index contributed by atoms with van der Waals surface area (Å²) in [5.74, 6) is 0.125. The lowest BCUT2D eigenvalue weighted by molar-refractivity contribution is -0.135. The fraction of sp³-hybridized carbons (Fsp3) is 0.500. The molecule has 0 aromatic heterocycles. The van der Waals surface area contributed by atoms with Crippen LogP contribution in [0, 0.1) is 5.92 Å². The van der Waals surface area contributed by atoms with E-state index in [4.69, 9.17) is 9.47 Å². The molecule has 3 fully saturated rings. The molecule has 0 saturated carbocycles. The molecule has 3 aliphatic heterocycles. The number of methoxy groups -OCH3 is 1. The van der Waals surface area contributed by atoms with Gasteiger partial charge in [0.1, 0.15) is 11.3 Å². The molecule has 12 nitrogen and oxygen atoms in total. The molecule has 6 rings (SSSR count).